The number of phenols is 1. The maximum Gasteiger partial charge on any atom is 0.204 e. The van der Waals surface area contributed by atoms with Gasteiger partial charge >= 0.3 is 0 Å². The van der Waals surface area contributed by atoms with Crippen molar-refractivity contribution in [1.29, 1.82) is 0 Å². The van der Waals surface area contributed by atoms with Crippen LogP contribution in [0.15, 0.2) is 63.8 Å². The summed E-state index contributed by atoms with van der Waals surface area (Å²) in [6.07, 6.45) is 0. The van der Waals surface area contributed by atoms with Crippen LogP contribution >= 0.6 is 0 Å². The van der Waals surface area contributed by atoms with Gasteiger partial charge in [0.15, 0.2) is 0 Å². The fourth-order valence-corrected chi connectivity index (χ4v) is 2.60. The molecule has 0 aliphatic rings. The van der Waals surface area contributed by atoms with Crippen molar-refractivity contribution in [3.05, 3.63) is 64.8 Å². The number of rotatable bonds is 0. The zero-order valence-corrected chi connectivity index (χ0v) is 10.5. The van der Waals surface area contributed by atoms with Crippen molar-refractivity contribution in [3.63, 3.8) is 0 Å². The molecule has 0 aliphatic carbocycles. The summed E-state index contributed by atoms with van der Waals surface area (Å²) in [5, 5.41) is 12.6. The minimum atomic E-state index is -0.204. The minimum Gasteiger partial charge on any atom is -0.506 e. The molecular weight excluding hydrogens is 252 g/mol. The van der Waals surface area contributed by atoms with E-state index in [1.54, 1.807) is 30.3 Å². The SMILES string of the molecule is O=c1c2ccccc2oc2cc3ccccc3c(O)c12. The molecule has 0 fully saturated rings. The lowest BCUT2D eigenvalue weighted by Crippen LogP contribution is -2.02. The van der Waals surface area contributed by atoms with E-state index < -0.39 is 0 Å². The summed E-state index contributed by atoms with van der Waals surface area (Å²) >= 11 is 0. The van der Waals surface area contributed by atoms with Gasteiger partial charge in [-0.25, -0.2) is 0 Å². The smallest absolute Gasteiger partial charge is 0.204 e. The molecule has 3 aromatic carbocycles. The molecule has 0 atom stereocenters. The van der Waals surface area contributed by atoms with Crippen LogP contribution in [-0.4, -0.2) is 5.11 Å². The molecule has 0 bridgehead atoms. The van der Waals surface area contributed by atoms with Crippen molar-refractivity contribution < 1.29 is 9.52 Å². The molecule has 20 heavy (non-hydrogen) atoms. The molecule has 3 nitrogen and oxygen atoms in total. The number of fused-ring (bicyclic) bond motifs is 3. The molecule has 0 radical (unpaired) electrons. The number of aromatic hydroxyl groups is 1. The second-order valence-corrected chi connectivity index (χ2v) is 4.75. The molecule has 1 N–H and O–H groups in total. The summed E-state index contributed by atoms with van der Waals surface area (Å²) in [7, 11) is 0. The van der Waals surface area contributed by atoms with E-state index in [2.05, 4.69) is 0 Å². The Kier molecular flexibility index (Phi) is 2.12. The van der Waals surface area contributed by atoms with E-state index >= 15 is 0 Å². The van der Waals surface area contributed by atoms with Gasteiger partial charge in [0.1, 0.15) is 22.3 Å². The van der Waals surface area contributed by atoms with Crippen molar-refractivity contribution in [2.24, 2.45) is 0 Å². The third-order valence-corrected chi connectivity index (χ3v) is 3.56. The summed E-state index contributed by atoms with van der Waals surface area (Å²) in [6, 6.07) is 16.2. The summed E-state index contributed by atoms with van der Waals surface area (Å²) in [6.45, 7) is 0. The predicted octanol–water partition coefficient (Wildman–Crippen LogP) is 3.81. The first-order valence-corrected chi connectivity index (χ1v) is 6.32. The number of hydrogen-bond donors (Lipinski definition) is 1. The third-order valence-electron chi connectivity index (χ3n) is 3.56. The second-order valence-electron chi connectivity index (χ2n) is 4.75. The zero-order valence-electron chi connectivity index (χ0n) is 10.5. The Morgan fingerprint density at radius 3 is 2.40 bits per heavy atom. The van der Waals surface area contributed by atoms with E-state index in [0.717, 1.165) is 5.39 Å². The van der Waals surface area contributed by atoms with Gasteiger partial charge in [-0.15, -0.1) is 0 Å². The Bertz CT molecular complexity index is 1020. The maximum absolute atomic E-state index is 12.5. The highest BCUT2D eigenvalue weighted by molar-refractivity contribution is 6.05. The van der Waals surface area contributed by atoms with Gasteiger partial charge in [0.05, 0.1) is 5.39 Å². The first-order chi connectivity index (χ1) is 9.75. The van der Waals surface area contributed by atoms with Crippen LogP contribution in [0, 0.1) is 0 Å². The lowest BCUT2D eigenvalue weighted by atomic mass is 10.0. The van der Waals surface area contributed by atoms with E-state index in [1.807, 2.05) is 24.3 Å². The van der Waals surface area contributed by atoms with Crippen LogP contribution in [0.5, 0.6) is 5.75 Å². The third kappa shape index (κ3) is 1.37. The summed E-state index contributed by atoms with van der Waals surface area (Å²) in [4.78, 5) is 12.5. The fraction of sp³-hybridized carbons (Fsp3) is 0. The summed E-state index contributed by atoms with van der Waals surface area (Å²) in [5.41, 5.74) is 0.731. The summed E-state index contributed by atoms with van der Waals surface area (Å²) in [5.74, 6) is -0.0161. The van der Waals surface area contributed by atoms with Crippen LogP contribution in [-0.2, 0) is 0 Å². The Hall–Kier alpha value is -2.81. The van der Waals surface area contributed by atoms with Gasteiger partial charge in [0.2, 0.25) is 5.43 Å². The second kappa shape index (κ2) is 3.84. The number of phenolic OH excluding ortho intramolecular Hbond substituents is 1. The molecule has 0 unspecified atom stereocenters. The molecule has 1 aromatic heterocycles. The van der Waals surface area contributed by atoms with Crippen LogP contribution in [0.4, 0.5) is 0 Å². The van der Waals surface area contributed by atoms with Gasteiger partial charge in [0.25, 0.3) is 0 Å². The van der Waals surface area contributed by atoms with Gasteiger partial charge in [-0.05, 0) is 23.6 Å². The van der Waals surface area contributed by atoms with Crippen LogP contribution in [0.1, 0.15) is 0 Å². The van der Waals surface area contributed by atoms with Crippen molar-refractivity contribution in [1.82, 2.24) is 0 Å². The lowest BCUT2D eigenvalue weighted by Gasteiger charge is -2.06. The van der Waals surface area contributed by atoms with Crippen LogP contribution in [0.3, 0.4) is 0 Å². The average Bonchev–Trinajstić information content (AvgIpc) is 2.47. The normalized spacial score (nSPS) is 11.4. The van der Waals surface area contributed by atoms with E-state index in [9.17, 15) is 9.90 Å². The zero-order chi connectivity index (χ0) is 13.7. The van der Waals surface area contributed by atoms with E-state index in [1.165, 1.54) is 0 Å². The Balaban J connectivity index is 2.35. The Morgan fingerprint density at radius 1 is 0.850 bits per heavy atom. The van der Waals surface area contributed by atoms with Crippen molar-refractivity contribution in [2.75, 3.05) is 0 Å². The first-order valence-electron chi connectivity index (χ1n) is 6.32. The maximum atomic E-state index is 12.5. The molecule has 96 valence electrons. The quantitative estimate of drug-likeness (QED) is 0.490. The van der Waals surface area contributed by atoms with Crippen LogP contribution in [0.2, 0.25) is 0 Å². The predicted molar refractivity (Wildman–Crippen MR) is 79.2 cm³/mol. The highest BCUT2D eigenvalue weighted by Crippen LogP contribution is 2.33. The van der Waals surface area contributed by atoms with E-state index in [4.69, 9.17) is 4.42 Å². The highest BCUT2D eigenvalue weighted by atomic mass is 16.3. The molecule has 0 amide bonds. The molecule has 0 aliphatic heterocycles. The van der Waals surface area contributed by atoms with Gasteiger partial charge < -0.3 is 9.52 Å². The molecular formula is C17H10O3. The molecule has 3 heteroatoms. The lowest BCUT2D eigenvalue weighted by molar-refractivity contribution is 0.486. The minimum absolute atomic E-state index is 0.0161. The van der Waals surface area contributed by atoms with Crippen molar-refractivity contribution in [3.8, 4) is 5.75 Å². The molecule has 4 aromatic rings. The fourth-order valence-electron chi connectivity index (χ4n) is 2.60. The standard InChI is InChI=1S/C17H10O3/c18-16-11-6-2-1-5-10(11)9-14-15(16)17(19)12-7-3-4-8-13(12)20-14/h1-9,18H. The molecule has 0 spiro atoms. The van der Waals surface area contributed by atoms with Gasteiger partial charge in [-0.3, -0.25) is 4.79 Å². The average molecular weight is 262 g/mol. The first kappa shape index (κ1) is 11.1. The number of para-hydroxylation sites is 1. The summed E-state index contributed by atoms with van der Waals surface area (Å²) < 4.78 is 5.76. The van der Waals surface area contributed by atoms with Gasteiger partial charge in [-0.1, -0.05) is 36.4 Å². The van der Waals surface area contributed by atoms with Gasteiger partial charge in [-0.2, -0.15) is 0 Å². The van der Waals surface area contributed by atoms with Crippen molar-refractivity contribution >= 4 is 32.7 Å². The molecule has 4 rings (SSSR count). The Morgan fingerprint density at radius 2 is 1.55 bits per heavy atom. The van der Waals surface area contributed by atoms with Crippen LogP contribution in [0.25, 0.3) is 32.7 Å². The molecule has 0 saturated heterocycles. The number of hydrogen-bond acceptors (Lipinski definition) is 3. The van der Waals surface area contributed by atoms with Crippen molar-refractivity contribution in [2.45, 2.75) is 0 Å². The van der Waals surface area contributed by atoms with Crippen LogP contribution < -0.4 is 5.43 Å². The topological polar surface area (TPSA) is 50.4 Å². The van der Waals surface area contributed by atoms with Gasteiger partial charge in [0, 0.05) is 5.39 Å². The Labute approximate surface area is 113 Å². The molecule has 0 saturated carbocycles. The number of benzene rings is 3. The monoisotopic (exact) mass is 262 g/mol. The van der Waals surface area contributed by atoms with E-state index in [0.29, 0.717) is 21.9 Å². The molecule has 1 heterocycles. The van der Waals surface area contributed by atoms with E-state index in [-0.39, 0.29) is 16.6 Å². The largest absolute Gasteiger partial charge is 0.506 e. The highest BCUT2D eigenvalue weighted by Gasteiger charge is 2.13.